The van der Waals surface area contributed by atoms with E-state index < -0.39 is 0 Å². The third-order valence-electron chi connectivity index (χ3n) is 6.13. The Hall–Kier alpha value is -5.02. The fourth-order valence-corrected chi connectivity index (χ4v) is 5.12. The average Bonchev–Trinajstić information content (AvgIpc) is 3.67. The number of hydrogen-bond donors (Lipinski definition) is 0. The monoisotopic (exact) mass is 533 g/mol. The summed E-state index contributed by atoms with van der Waals surface area (Å²) in [6.07, 6.45) is 7.42. The minimum atomic E-state index is -0.222. The van der Waals surface area contributed by atoms with Crippen molar-refractivity contribution < 1.29 is 9.47 Å². The number of rotatable bonds is 7. The van der Waals surface area contributed by atoms with Crippen LogP contribution in [0.3, 0.4) is 0 Å². The zero-order chi connectivity index (χ0) is 26.8. The van der Waals surface area contributed by atoms with E-state index in [1.165, 1.54) is 15.9 Å². The van der Waals surface area contributed by atoms with E-state index in [0.29, 0.717) is 26.8 Å². The molecule has 0 saturated carbocycles. The summed E-state index contributed by atoms with van der Waals surface area (Å²) in [5.74, 6) is 1.73. The highest BCUT2D eigenvalue weighted by molar-refractivity contribution is 7.15. The van der Waals surface area contributed by atoms with Gasteiger partial charge in [0, 0.05) is 17.3 Å². The number of para-hydroxylation sites is 1. The largest absolute Gasteiger partial charge is 0.493 e. The van der Waals surface area contributed by atoms with Gasteiger partial charge in [-0.3, -0.25) is 4.79 Å². The molecule has 8 nitrogen and oxygen atoms in total. The highest BCUT2D eigenvalue weighted by Crippen LogP contribution is 2.28. The molecule has 3 aromatic heterocycles. The van der Waals surface area contributed by atoms with Crippen LogP contribution >= 0.6 is 11.3 Å². The van der Waals surface area contributed by atoms with Crippen LogP contribution in [-0.4, -0.2) is 38.6 Å². The zero-order valence-electron chi connectivity index (χ0n) is 21.2. The molecule has 0 aliphatic carbocycles. The second-order valence-electron chi connectivity index (χ2n) is 8.61. The summed E-state index contributed by atoms with van der Waals surface area (Å²) >= 11 is 1.30. The Labute approximate surface area is 227 Å². The molecule has 0 N–H and O–H groups in total. The molecule has 6 rings (SSSR count). The number of nitrogens with zero attached hydrogens (tertiary/aromatic N) is 5. The summed E-state index contributed by atoms with van der Waals surface area (Å²) < 4.78 is 14.4. The molecule has 0 atom stereocenters. The van der Waals surface area contributed by atoms with Crippen LogP contribution in [0.4, 0.5) is 0 Å². The van der Waals surface area contributed by atoms with Gasteiger partial charge in [0.25, 0.3) is 5.56 Å². The van der Waals surface area contributed by atoms with Crippen LogP contribution < -0.4 is 19.6 Å². The normalized spacial score (nSPS) is 12.0. The molecule has 0 unspecified atom stereocenters. The molecular weight excluding hydrogens is 510 g/mol. The van der Waals surface area contributed by atoms with Gasteiger partial charge in [-0.05, 0) is 42.0 Å². The Morgan fingerprint density at radius 3 is 2.31 bits per heavy atom. The Morgan fingerprint density at radius 2 is 1.59 bits per heavy atom. The summed E-state index contributed by atoms with van der Waals surface area (Å²) in [5, 5.41) is 9.25. The minimum absolute atomic E-state index is 0.222. The fourth-order valence-electron chi connectivity index (χ4n) is 4.21. The Kier molecular flexibility index (Phi) is 6.48. The van der Waals surface area contributed by atoms with Crippen molar-refractivity contribution in [2.75, 3.05) is 14.2 Å². The number of ether oxygens (including phenoxy) is 2. The van der Waals surface area contributed by atoms with Gasteiger partial charge in [-0.15, -0.1) is 5.10 Å². The molecule has 192 valence electrons. The van der Waals surface area contributed by atoms with Gasteiger partial charge in [0.2, 0.25) is 4.96 Å². The quantitative estimate of drug-likeness (QED) is 0.295. The second kappa shape index (κ2) is 10.4. The van der Waals surface area contributed by atoms with Crippen molar-refractivity contribution in [1.29, 1.82) is 0 Å². The molecule has 0 radical (unpaired) electrons. The van der Waals surface area contributed by atoms with Crippen molar-refractivity contribution in [3.8, 4) is 28.4 Å². The van der Waals surface area contributed by atoms with E-state index in [2.05, 4.69) is 10.1 Å². The van der Waals surface area contributed by atoms with Crippen molar-refractivity contribution in [1.82, 2.24) is 24.4 Å². The lowest BCUT2D eigenvalue weighted by atomic mass is 10.1. The molecule has 0 fully saturated rings. The summed E-state index contributed by atoms with van der Waals surface area (Å²) in [6, 6.07) is 25.4. The lowest BCUT2D eigenvalue weighted by Crippen LogP contribution is -2.23. The van der Waals surface area contributed by atoms with Crippen LogP contribution in [0, 0.1) is 0 Å². The van der Waals surface area contributed by atoms with E-state index in [9.17, 15) is 4.79 Å². The molecule has 0 aliphatic heterocycles. The van der Waals surface area contributed by atoms with Gasteiger partial charge in [-0.2, -0.15) is 14.6 Å². The summed E-state index contributed by atoms with van der Waals surface area (Å²) in [5.41, 5.74) is 4.19. The van der Waals surface area contributed by atoms with E-state index in [1.54, 1.807) is 20.3 Å². The van der Waals surface area contributed by atoms with Crippen molar-refractivity contribution in [2.45, 2.75) is 0 Å². The maximum absolute atomic E-state index is 13.3. The first-order chi connectivity index (χ1) is 19.1. The average molecular weight is 534 g/mol. The maximum atomic E-state index is 13.3. The Morgan fingerprint density at radius 1 is 0.846 bits per heavy atom. The van der Waals surface area contributed by atoms with Gasteiger partial charge in [0.05, 0.1) is 30.1 Å². The molecule has 3 aromatic carbocycles. The molecule has 0 saturated heterocycles. The third kappa shape index (κ3) is 4.83. The number of aromatic nitrogens is 5. The van der Waals surface area contributed by atoms with Crippen molar-refractivity contribution in [2.24, 2.45) is 0 Å². The Bertz CT molecular complexity index is 1910. The van der Waals surface area contributed by atoms with Crippen LogP contribution in [0.25, 0.3) is 40.1 Å². The molecule has 6 aromatic rings. The molecule has 0 spiro atoms. The van der Waals surface area contributed by atoms with Gasteiger partial charge >= 0.3 is 0 Å². The number of benzene rings is 3. The van der Waals surface area contributed by atoms with E-state index >= 15 is 0 Å². The van der Waals surface area contributed by atoms with Crippen LogP contribution in [0.1, 0.15) is 17.0 Å². The fraction of sp³-hybridized carbons (Fsp3) is 0.0667. The maximum Gasteiger partial charge on any atom is 0.291 e. The van der Waals surface area contributed by atoms with Crippen molar-refractivity contribution in [3.05, 3.63) is 117 Å². The molecule has 9 heteroatoms. The van der Waals surface area contributed by atoms with E-state index in [-0.39, 0.29) is 5.56 Å². The highest BCUT2D eigenvalue weighted by atomic mass is 32.1. The highest BCUT2D eigenvalue weighted by Gasteiger charge is 2.14. The summed E-state index contributed by atoms with van der Waals surface area (Å²) in [4.78, 5) is 18.3. The lowest BCUT2D eigenvalue weighted by Gasteiger charge is -2.07. The topological polar surface area (TPSA) is 83.5 Å². The minimum Gasteiger partial charge on any atom is -0.493 e. The summed E-state index contributed by atoms with van der Waals surface area (Å²) in [7, 11) is 3.19. The van der Waals surface area contributed by atoms with Crippen LogP contribution in [0.2, 0.25) is 0 Å². The summed E-state index contributed by atoms with van der Waals surface area (Å²) in [6.45, 7) is 0. The van der Waals surface area contributed by atoms with E-state index in [4.69, 9.17) is 14.6 Å². The van der Waals surface area contributed by atoms with Gasteiger partial charge in [0.15, 0.2) is 17.3 Å². The number of methoxy groups -OCH3 is 2. The third-order valence-corrected chi connectivity index (χ3v) is 7.09. The van der Waals surface area contributed by atoms with E-state index in [0.717, 1.165) is 28.1 Å². The van der Waals surface area contributed by atoms with Crippen LogP contribution in [0.5, 0.6) is 11.5 Å². The van der Waals surface area contributed by atoms with E-state index in [1.807, 2.05) is 102 Å². The predicted molar refractivity (Wildman–Crippen MR) is 153 cm³/mol. The first-order valence-corrected chi connectivity index (χ1v) is 13.0. The SMILES string of the molecule is COc1ccc(C=Cc2nc3sc(=Cc4cn(-c5ccccc5)nc4-c4ccccc4)c(=O)n3n2)cc1OC. The molecule has 0 amide bonds. The molecule has 3 heterocycles. The lowest BCUT2D eigenvalue weighted by molar-refractivity contribution is 0.355. The number of hydrogen-bond acceptors (Lipinski definition) is 7. The standard InChI is InChI=1S/C30H23N5O3S/c1-37-24-15-13-20(17-25(24)38-2)14-16-27-31-30-35(32-27)29(36)26(39-30)18-22-19-34(23-11-7-4-8-12-23)33-28(22)21-9-5-3-6-10-21/h3-19H,1-2H3. The predicted octanol–water partition coefficient (Wildman–Crippen LogP) is 4.74. The van der Waals surface area contributed by atoms with Crippen LogP contribution in [0.15, 0.2) is 89.9 Å². The van der Waals surface area contributed by atoms with Gasteiger partial charge in [0.1, 0.15) is 0 Å². The first-order valence-electron chi connectivity index (χ1n) is 12.1. The second-order valence-corrected chi connectivity index (χ2v) is 9.62. The van der Waals surface area contributed by atoms with Gasteiger partial charge in [-0.25, -0.2) is 4.68 Å². The van der Waals surface area contributed by atoms with Crippen molar-refractivity contribution in [3.63, 3.8) is 0 Å². The molecule has 0 aliphatic rings. The number of fused-ring (bicyclic) bond motifs is 1. The Balaban J connectivity index is 1.36. The molecule has 0 bridgehead atoms. The zero-order valence-corrected chi connectivity index (χ0v) is 22.0. The number of thiazole rings is 1. The first kappa shape index (κ1) is 24.3. The molecule has 39 heavy (non-hydrogen) atoms. The van der Waals surface area contributed by atoms with Crippen LogP contribution in [-0.2, 0) is 0 Å². The van der Waals surface area contributed by atoms with Gasteiger partial charge in [-0.1, -0.05) is 72.0 Å². The smallest absolute Gasteiger partial charge is 0.291 e. The van der Waals surface area contributed by atoms with Gasteiger partial charge < -0.3 is 9.47 Å². The van der Waals surface area contributed by atoms with Crippen molar-refractivity contribution >= 4 is 34.5 Å². The molecular formula is C30H23N5O3S.